The molecule has 0 bridgehead atoms. The molecule has 7 heteroatoms. The zero-order chi connectivity index (χ0) is 14.5. The first-order valence-electron chi connectivity index (χ1n) is 6.43. The quantitative estimate of drug-likeness (QED) is 0.753. The highest BCUT2D eigenvalue weighted by molar-refractivity contribution is 5.80. The summed E-state index contributed by atoms with van der Waals surface area (Å²) in [5, 5.41) is 2.58. The van der Waals surface area contributed by atoms with Crippen molar-refractivity contribution in [2.24, 2.45) is 11.7 Å². The molecule has 1 saturated carbocycles. The molecule has 4 nitrogen and oxygen atoms in total. The Morgan fingerprint density at radius 1 is 1.47 bits per heavy atom. The van der Waals surface area contributed by atoms with E-state index < -0.39 is 18.3 Å². The normalized spacial score (nSPS) is 28.2. The number of halogens is 3. The van der Waals surface area contributed by atoms with Crippen LogP contribution in [0.15, 0.2) is 0 Å². The first kappa shape index (κ1) is 16.2. The number of hydrogen-bond acceptors (Lipinski definition) is 3. The predicted molar refractivity (Wildman–Crippen MR) is 64.4 cm³/mol. The molecule has 3 N–H and O–H groups in total. The molecule has 2 atom stereocenters. The average Bonchev–Trinajstić information content (AvgIpc) is 2.26. The van der Waals surface area contributed by atoms with Gasteiger partial charge in [0.25, 0.3) is 0 Å². The van der Waals surface area contributed by atoms with Crippen molar-refractivity contribution >= 4 is 5.91 Å². The molecule has 0 aromatic rings. The van der Waals surface area contributed by atoms with Crippen LogP contribution in [-0.2, 0) is 9.53 Å². The molecule has 0 spiro atoms. The fourth-order valence-corrected chi connectivity index (χ4v) is 2.35. The van der Waals surface area contributed by atoms with Crippen molar-refractivity contribution in [1.82, 2.24) is 5.32 Å². The van der Waals surface area contributed by atoms with E-state index in [1.165, 1.54) is 0 Å². The third kappa shape index (κ3) is 5.78. The van der Waals surface area contributed by atoms with Crippen LogP contribution in [0.5, 0.6) is 0 Å². The van der Waals surface area contributed by atoms with Gasteiger partial charge in [0.1, 0.15) is 6.61 Å². The molecule has 0 aromatic heterocycles. The Bertz CT molecular complexity index is 306. The van der Waals surface area contributed by atoms with Crippen LogP contribution in [-0.4, -0.2) is 37.4 Å². The molecule has 1 aliphatic rings. The van der Waals surface area contributed by atoms with Crippen molar-refractivity contribution in [1.29, 1.82) is 0 Å². The smallest absolute Gasteiger partial charge is 0.370 e. The van der Waals surface area contributed by atoms with Gasteiger partial charge in [0.2, 0.25) is 5.91 Å². The van der Waals surface area contributed by atoms with Gasteiger partial charge in [-0.3, -0.25) is 4.79 Å². The fourth-order valence-electron chi connectivity index (χ4n) is 2.35. The number of amides is 1. The standard InChI is InChI=1S/C12H21F3N2O2/c1-11(16)5-3-2-4-9(11)10(18)17-6-7-19-8-12(13,14)15/h9H,2-8,16H2,1H3,(H,17,18). The van der Waals surface area contributed by atoms with Crippen molar-refractivity contribution in [2.45, 2.75) is 44.3 Å². The number of carbonyl (C=O) groups is 1. The Morgan fingerprint density at radius 3 is 2.74 bits per heavy atom. The minimum atomic E-state index is -4.33. The number of carbonyl (C=O) groups excluding carboxylic acids is 1. The van der Waals surface area contributed by atoms with E-state index in [0.29, 0.717) is 0 Å². The molecule has 112 valence electrons. The van der Waals surface area contributed by atoms with Crippen molar-refractivity contribution in [3.05, 3.63) is 0 Å². The molecule has 1 fully saturated rings. The van der Waals surface area contributed by atoms with Gasteiger partial charge in [-0.05, 0) is 19.8 Å². The highest BCUT2D eigenvalue weighted by atomic mass is 19.4. The molecule has 19 heavy (non-hydrogen) atoms. The highest BCUT2D eigenvalue weighted by Gasteiger charge is 2.37. The minimum Gasteiger partial charge on any atom is -0.370 e. The van der Waals surface area contributed by atoms with Crippen LogP contribution in [0.1, 0.15) is 32.6 Å². The zero-order valence-corrected chi connectivity index (χ0v) is 11.1. The van der Waals surface area contributed by atoms with Gasteiger partial charge in [-0.25, -0.2) is 0 Å². The lowest BCUT2D eigenvalue weighted by Gasteiger charge is -2.37. The largest absolute Gasteiger partial charge is 0.411 e. The van der Waals surface area contributed by atoms with Gasteiger partial charge in [0, 0.05) is 12.1 Å². The maximum absolute atomic E-state index is 11.9. The summed E-state index contributed by atoms with van der Waals surface area (Å²) in [6, 6.07) is 0. The van der Waals surface area contributed by atoms with E-state index in [-0.39, 0.29) is 25.0 Å². The van der Waals surface area contributed by atoms with Gasteiger partial charge in [-0.2, -0.15) is 13.2 Å². The van der Waals surface area contributed by atoms with E-state index in [9.17, 15) is 18.0 Å². The Balaban J connectivity index is 2.24. The van der Waals surface area contributed by atoms with Crippen LogP contribution in [0.2, 0.25) is 0 Å². The van der Waals surface area contributed by atoms with E-state index in [1.54, 1.807) is 0 Å². The number of rotatable bonds is 5. The van der Waals surface area contributed by atoms with Crippen molar-refractivity contribution < 1.29 is 22.7 Å². The van der Waals surface area contributed by atoms with Crippen LogP contribution in [0.25, 0.3) is 0 Å². The maximum atomic E-state index is 11.9. The van der Waals surface area contributed by atoms with Crippen molar-refractivity contribution in [2.75, 3.05) is 19.8 Å². The summed E-state index contributed by atoms with van der Waals surface area (Å²) in [5.74, 6) is -0.468. The summed E-state index contributed by atoms with van der Waals surface area (Å²) in [4.78, 5) is 11.9. The minimum absolute atomic E-state index is 0.0709. The number of nitrogens with two attached hydrogens (primary N) is 1. The maximum Gasteiger partial charge on any atom is 0.411 e. The number of ether oxygens (including phenoxy) is 1. The molecular formula is C12H21F3N2O2. The molecule has 0 heterocycles. The Morgan fingerprint density at radius 2 is 2.16 bits per heavy atom. The van der Waals surface area contributed by atoms with E-state index in [2.05, 4.69) is 10.1 Å². The first-order valence-corrected chi connectivity index (χ1v) is 6.43. The summed E-state index contributed by atoms with van der Waals surface area (Å²) in [5.41, 5.74) is 5.54. The fraction of sp³-hybridized carbons (Fsp3) is 0.917. The summed E-state index contributed by atoms with van der Waals surface area (Å²) in [6.07, 6.45) is -0.859. The monoisotopic (exact) mass is 282 g/mol. The predicted octanol–water partition coefficient (Wildman–Crippen LogP) is 1.59. The SMILES string of the molecule is CC1(N)CCCCC1C(=O)NCCOCC(F)(F)F. The average molecular weight is 282 g/mol. The van der Waals surface area contributed by atoms with Crippen molar-refractivity contribution in [3.63, 3.8) is 0 Å². The second kappa shape index (κ2) is 6.56. The molecule has 0 saturated heterocycles. The molecule has 0 radical (unpaired) electrons. The van der Waals surface area contributed by atoms with E-state index in [1.807, 2.05) is 6.92 Å². The third-order valence-corrected chi connectivity index (χ3v) is 3.38. The summed E-state index contributed by atoms with van der Waals surface area (Å²) in [7, 11) is 0. The second-order valence-electron chi connectivity index (χ2n) is 5.26. The zero-order valence-electron chi connectivity index (χ0n) is 11.1. The number of alkyl halides is 3. The molecular weight excluding hydrogens is 261 g/mol. The Labute approximate surface area is 110 Å². The van der Waals surface area contributed by atoms with Gasteiger partial charge in [-0.15, -0.1) is 0 Å². The topological polar surface area (TPSA) is 64.4 Å². The van der Waals surface area contributed by atoms with Crippen LogP contribution in [0.4, 0.5) is 13.2 Å². The van der Waals surface area contributed by atoms with E-state index in [0.717, 1.165) is 25.7 Å². The molecule has 0 aromatic carbocycles. The van der Waals surface area contributed by atoms with Crippen LogP contribution >= 0.6 is 0 Å². The van der Waals surface area contributed by atoms with Crippen LogP contribution in [0.3, 0.4) is 0 Å². The summed E-state index contributed by atoms with van der Waals surface area (Å²) in [6.45, 7) is 0.470. The molecule has 0 aliphatic heterocycles. The number of nitrogens with one attached hydrogen (secondary N) is 1. The lowest BCUT2D eigenvalue weighted by molar-refractivity contribution is -0.173. The number of hydrogen-bond donors (Lipinski definition) is 2. The van der Waals surface area contributed by atoms with Gasteiger partial charge in [-0.1, -0.05) is 12.8 Å². The summed E-state index contributed by atoms with van der Waals surface area (Å²) >= 11 is 0. The Hall–Kier alpha value is -0.820. The van der Waals surface area contributed by atoms with E-state index in [4.69, 9.17) is 5.73 Å². The molecule has 1 amide bonds. The highest BCUT2D eigenvalue weighted by Crippen LogP contribution is 2.31. The first-order chi connectivity index (χ1) is 8.72. The van der Waals surface area contributed by atoms with Crippen LogP contribution < -0.4 is 11.1 Å². The van der Waals surface area contributed by atoms with Gasteiger partial charge in [0.05, 0.1) is 12.5 Å². The molecule has 2 unspecified atom stereocenters. The van der Waals surface area contributed by atoms with Gasteiger partial charge in [0.15, 0.2) is 0 Å². The lowest BCUT2D eigenvalue weighted by Crippen LogP contribution is -2.53. The molecule has 1 rings (SSSR count). The Kier molecular flexibility index (Phi) is 5.61. The van der Waals surface area contributed by atoms with Crippen LogP contribution in [0, 0.1) is 5.92 Å². The van der Waals surface area contributed by atoms with Crippen molar-refractivity contribution in [3.8, 4) is 0 Å². The summed E-state index contributed by atoms with van der Waals surface area (Å²) < 4.78 is 39.8. The lowest BCUT2D eigenvalue weighted by atomic mass is 9.74. The molecule has 1 aliphatic carbocycles. The third-order valence-electron chi connectivity index (χ3n) is 3.38. The second-order valence-corrected chi connectivity index (χ2v) is 5.26. The van der Waals surface area contributed by atoms with Gasteiger partial charge < -0.3 is 15.8 Å². The van der Waals surface area contributed by atoms with E-state index >= 15 is 0 Å². The van der Waals surface area contributed by atoms with Gasteiger partial charge >= 0.3 is 6.18 Å².